The number of hydrogen-bond donors (Lipinski definition) is 16. The summed E-state index contributed by atoms with van der Waals surface area (Å²) < 4.78 is 57.3. The summed E-state index contributed by atoms with van der Waals surface area (Å²) in [6.07, 6.45) is -32.0. The standard InChI is InChI=1S/C34H55N4O26PS2/c1-10(41)36-16-20(46)28(67-9-66-8-14-19(45)21(47)24(50)31(61-14)62-26-12(6-40)60-30(57-2)25(51)22(26)48)34(32(52)53,63-27(16)17(43)11(42)5-39)64-65(55,56)58-7-13-18(44)23(49)29(59-13)38-4-3-15(35)37-33(38)54/h3-4,11-14,16-31,39-40,42-51H,5-9H2,1-2H3,(H,36,41)(H,52,53)(H,55,56)(H2,35,37,54)/t11-,12-,13-,14-,16-,17-,18-,19+,20-,21+,22-,23-,24-,25-,26+,27-,28-,29-,30-,31+,34-/m1/s1. The molecule has 384 valence electrons. The molecule has 0 aromatic carbocycles. The Morgan fingerprint density at radius 3 is 2.18 bits per heavy atom. The number of ether oxygens (including phenoxy) is 6. The van der Waals surface area contributed by atoms with Crippen LogP contribution in [0.25, 0.3) is 0 Å². The first-order chi connectivity index (χ1) is 31.4. The minimum atomic E-state index is -5.88. The molecule has 67 heavy (non-hydrogen) atoms. The second-order valence-electron chi connectivity index (χ2n) is 15.6. The molecule has 30 nitrogen and oxygen atoms in total. The Balaban J connectivity index is 1.36. The van der Waals surface area contributed by atoms with Gasteiger partial charge in [0, 0.05) is 31.1 Å². The Hall–Kier alpha value is -2.29. The van der Waals surface area contributed by atoms with Crippen LogP contribution in [0, 0.1) is 0 Å². The van der Waals surface area contributed by atoms with Gasteiger partial charge < -0.3 is 111 Å². The molecule has 33 heteroatoms. The number of anilines is 1. The first-order valence-electron chi connectivity index (χ1n) is 20.0. The van der Waals surface area contributed by atoms with E-state index >= 15 is 0 Å². The van der Waals surface area contributed by atoms with Crippen molar-refractivity contribution in [1.29, 1.82) is 0 Å². The first-order valence-corrected chi connectivity index (χ1v) is 23.7. The normalized spacial score (nSPS) is 41.0. The van der Waals surface area contributed by atoms with E-state index in [4.69, 9.17) is 43.2 Å². The third kappa shape index (κ3) is 12.3. The molecule has 4 aliphatic rings. The predicted molar refractivity (Wildman–Crippen MR) is 219 cm³/mol. The largest absolute Gasteiger partial charge is 0.477 e. The maximum absolute atomic E-state index is 13.7. The molecule has 1 aromatic rings. The molecule has 4 saturated heterocycles. The van der Waals surface area contributed by atoms with Gasteiger partial charge in [0.2, 0.25) is 5.91 Å². The highest BCUT2D eigenvalue weighted by molar-refractivity contribution is 8.16. The Kier molecular flexibility index (Phi) is 19.3. The number of carbonyl (C=O) groups excluding carboxylic acids is 1. The average molecular weight is 1030 g/mol. The lowest BCUT2D eigenvalue weighted by Gasteiger charge is -2.50. The van der Waals surface area contributed by atoms with Gasteiger partial charge in [0.15, 0.2) is 18.8 Å². The van der Waals surface area contributed by atoms with E-state index in [-0.39, 0.29) is 11.6 Å². The molecule has 4 aliphatic heterocycles. The number of nitrogens with two attached hydrogens (primary N) is 1. The summed E-state index contributed by atoms with van der Waals surface area (Å²) in [7, 11) is -4.73. The maximum Gasteiger partial charge on any atom is 0.475 e. The molecule has 5 heterocycles. The minimum absolute atomic E-state index is 0.193. The number of amides is 1. The van der Waals surface area contributed by atoms with Gasteiger partial charge >= 0.3 is 19.5 Å². The number of aliphatic hydroxyl groups excluding tert-OH is 12. The number of carboxylic acids is 1. The Morgan fingerprint density at radius 2 is 1.58 bits per heavy atom. The van der Waals surface area contributed by atoms with Gasteiger partial charge in [0.25, 0.3) is 5.79 Å². The highest BCUT2D eigenvalue weighted by Gasteiger charge is 2.65. The second-order valence-corrected chi connectivity index (χ2v) is 19.5. The van der Waals surface area contributed by atoms with E-state index in [9.17, 15) is 90.2 Å². The summed E-state index contributed by atoms with van der Waals surface area (Å²) in [6.45, 7) is -2.18. The first kappa shape index (κ1) is 55.6. The van der Waals surface area contributed by atoms with E-state index in [1.807, 2.05) is 0 Å². The molecule has 0 saturated carbocycles. The van der Waals surface area contributed by atoms with E-state index in [2.05, 4.69) is 10.3 Å². The number of phosphoric ester groups is 1. The molecule has 17 N–H and O–H groups in total. The third-order valence-corrected chi connectivity index (χ3v) is 14.7. The fourth-order valence-corrected chi connectivity index (χ4v) is 11.2. The summed E-state index contributed by atoms with van der Waals surface area (Å²) in [5.74, 6) is -7.32. The van der Waals surface area contributed by atoms with Crippen molar-refractivity contribution in [3.05, 3.63) is 22.7 Å². The lowest BCUT2D eigenvalue weighted by Crippen LogP contribution is -2.73. The fourth-order valence-electron chi connectivity index (χ4n) is 7.56. The zero-order chi connectivity index (χ0) is 49.9. The molecule has 0 spiro atoms. The van der Waals surface area contributed by atoms with Crippen LogP contribution in [0.15, 0.2) is 17.1 Å². The number of nitrogen functional groups attached to an aromatic ring is 1. The van der Waals surface area contributed by atoms with Gasteiger partial charge in [0.1, 0.15) is 85.2 Å². The van der Waals surface area contributed by atoms with Gasteiger partial charge in [-0.1, -0.05) is 0 Å². The van der Waals surface area contributed by atoms with Crippen LogP contribution in [-0.2, 0) is 51.6 Å². The van der Waals surface area contributed by atoms with Crippen LogP contribution >= 0.6 is 31.3 Å². The highest BCUT2D eigenvalue weighted by atomic mass is 32.2. The number of thioether (sulfide) groups is 2. The van der Waals surface area contributed by atoms with Crippen LogP contribution in [0.2, 0.25) is 0 Å². The summed E-state index contributed by atoms with van der Waals surface area (Å²) in [5.41, 5.74) is 4.47. The molecule has 0 radical (unpaired) electrons. The quantitative estimate of drug-likeness (QED) is 0.0328. The summed E-state index contributed by atoms with van der Waals surface area (Å²) in [4.78, 5) is 52.5. The molecule has 0 aliphatic carbocycles. The number of rotatable bonds is 20. The zero-order valence-corrected chi connectivity index (χ0v) is 37.7. The number of hydrogen-bond acceptors (Lipinski definition) is 28. The van der Waals surface area contributed by atoms with Gasteiger partial charge in [-0.05, 0) is 6.07 Å². The van der Waals surface area contributed by atoms with Gasteiger partial charge in [-0.25, -0.2) is 18.7 Å². The highest BCUT2D eigenvalue weighted by Crippen LogP contribution is 2.54. The van der Waals surface area contributed by atoms with E-state index in [1.54, 1.807) is 0 Å². The van der Waals surface area contributed by atoms with E-state index in [0.717, 1.165) is 42.6 Å². The number of nitrogens with one attached hydrogen (secondary N) is 1. The average Bonchev–Trinajstić information content (AvgIpc) is 3.56. The molecule has 22 atom stereocenters. The number of aromatic nitrogens is 2. The minimum Gasteiger partial charge on any atom is -0.477 e. The van der Waals surface area contributed by atoms with Crippen molar-refractivity contribution < 1.29 is 123 Å². The SMILES string of the molecule is CO[C@@H]1O[C@H](CO)[C@H](O[C@@H]2O[C@H](CSCS[C@@H]3[C@H](O)[C@@H](NC(C)=O)[C@H]([C@H](O)[C@H](O)CO)O[C@]3(OP(=O)(O)OC[C@H]3O[C@@H](n4ccc(N)nc4=O)[C@H](O)[C@@H]3O)C(=O)O)[C@H](O)[C@H](O)[C@H]2O)[C@H](O)[C@H]1O. The van der Waals surface area contributed by atoms with Gasteiger partial charge in [-0.15, -0.1) is 23.5 Å². The van der Waals surface area contributed by atoms with Crippen molar-refractivity contribution >= 4 is 49.0 Å². The Bertz CT molecular complexity index is 1930. The fraction of sp³-hybridized carbons (Fsp3) is 0.824. The van der Waals surface area contributed by atoms with E-state index in [0.29, 0.717) is 11.8 Å². The second kappa shape index (κ2) is 23.3. The molecule has 0 bridgehead atoms. The van der Waals surface area contributed by atoms with Crippen molar-refractivity contribution in [3.63, 3.8) is 0 Å². The number of carboxylic acid groups (broad SMARTS) is 1. The number of methoxy groups -OCH3 is 1. The molecule has 4 fully saturated rings. The third-order valence-electron chi connectivity index (χ3n) is 11.0. The van der Waals surface area contributed by atoms with Crippen LogP contribution < -0.4 is 16.7 Å². The molecule has 1 unspecified atom stereocenters. The Morgan fingerprint density at radius 1 is 0.940 bits per heavy atom. The van der Waals surface area contributed by atoms with Gasteiger partial charge in [0.05, 0.1) is 43.3 Å². The molecule has 5 rings (SSSR count). The van der Waals surface area contributed by atoms with Crippen molar-refractivity contribution in [2.45, 2.75) is 134 Å². The maximum atomic E-state index is 13.7. The summed E-state index contributed by atoms with van der Waals surface area (Å²) >= 11 is 1.19. The van der Waals surface area contributed by atoms with Crippen LogP contribution in [0.1, 0.15) is 13.2 Å². The zero-order valence-electron chi connectivity index (χ0n) is 35.1. The topological polar surface area (TPSA) is 481 Å². The van der Waals surface area contributed by atoms with Crippen LogP contribution in [0.4, 0.5) is 5.82 Å². The lowest BCUT2D eigenvalue weighted by molar-refractivity contribution is -0.353. The van der Waals surface area contributed by atoms with E-state index < -0.39 is 178 Å². The molecular formula is C34H55N4O26PS2. The summed E-state index contributed by atoms with van der Waals surface area (Å²) in [6, 6.07) is -0.690. The number of carbonyl (C=O) groups is 2. The number of aliphatic hydroxyl groups is 12. The Labute approximate surface area is 386 Å². The van der Waals surface area contributed by atoms with Gasteiger partial charge in [-0.3, -0.25) is 13.9 Å². The van der Waals surface area contributed by atoms with E-state index in [1.165, 1.54) is 0 Å². The molecule has 1 aromatic heterocycles. The van der Waals surface area contributed by atoms with Crippen LogP contribution in [-0.4, -0.2) is 252 Å². The van der Waals surface area contributed by atoms with Crippen molar-refractivity contribution in [2.24, 2.45) is 0 Å². The van der Waals surface area contributed by atoms with Crippen molar-refractivity contribution in [1.82, 2.24) is 14.9 Å². The smallest absolute Gasteiger partial charge is 0.475 e. The van der Waals surface area contributed by atoms with Gasteiger partial charge in [-0.2, -0.15) is 4.98 Å². The number of phosphoric acid groups is 1. The molecule has 1 amide bonds. The molecular weight excluding hydrogens is 975 g/mol. The predicted octanol–water partition coefficient (Wildman–Crippen LogP) is -8.59. The summed E-state index contributed by atoms with van der Waals surface area (Å²) in [5, 5.41) is 137. The number of aliphatic carboxylic acids is 1. The van der Waals surface area contributed by atoms with Crippen LogP contribution in [0.3, 0.4) is 0 Å². The van der Waals surface area contributed by atoms with Crippen molar-refractivity contribution in [3.8, 4) is 0 Å². The monoisotopic (exact) mass is 1030 g/mol. The van der Waals surface area contributed by atoms with Crippen molar-refractivity contribution in [2.75, 3.05) is 43.5 Å². The number of nitrogens with zero attached hydrogens (tertiary/aromatic N) is 2. The lowest BCUT2D eigenvalue weighted by atomic mass is 9.88. The van der Waals surface area contributed by atoms with Crippen LogP contribution in [0.5, 0.6) is 0 Å².